The second-order valence-electron chi connectivity index (χ2n) is 6.55. The molecule has 1 fully saturated rings. The van der Waals surface area contributed by atoms with Gasteiger partial charge in [0.05, 0.1) is 18.7 Å². The molecule has 6 heteroatoms. The molecule has 1 saturated heterocycles. The minimum atomic E-state index is -0.500. The van der Waals surface area contributed by atoms with Gasteiger partial charge in [-0.1, -0.05) is 12.1 Å². The van der Waals surface area contributed by atoms with Crippen molar-refractivity contribution in [2.24, 2.45) is 0 Å². The fraction of sp³-hybridized carbons (Fsp3) is 0.529. The molecule has 1 aromatic rings. The number of hydrogen-bond donors (Lipinski definition) is 1. The Bertz CT molecular complexity index is 563. The largest absolute Gasteiger partial charge is 0.465 e. The van der Waals surface area contributed by atoms with E-state index in [-0.39, 0.29) is 18.1 Å². The number of hydrogen-bond acceptors (Lipinski definition) is 5. The maximum Gasteiger partial charge on any atom is 0.410 e. The zero-order valence-electron chi connectivity index (χ0n) is 14.1. The van der Waals surface area contributed by atoms with Gasteiger partial charge in [0.2, 0.25) is 0 Å². The van der Waals surface area contributed by atoms with Crippen LogP contribution in [0.25, 0.3) is 0 Å². The van der Waals surface area contributed by atoms with Crippen LogP contribution in [0.1, 0.15) is 42.7 Å². The first-order valence-corrected chi connectivity index (χ1v) is 7.70. The van der Waals surface area contributed by atoms with Crippen LogP contribution >= 0.6 is 0 Å². The topological polar surface area (TPSA) is 67.9 Å². The van der Waals surface area contributed by atoms with Gasteiger partial charge in [-0.05, 0) is 38.5 Å². The van der Waals surface area contributed by atoms with Gasteiger partial charge in [-0.3, -0.25) is 0 Å². The van der Waals surface area contributed by atoms with Crippen molar-refractivity contribution in [3.8, 4) is 0 Å². The number of rotatable bonds is 2. The Morgan fingerprint density at radius 1 is 1.22 bits per heavy atom. The maximum absolute atomic E-state index is 12.2. The smallest absolute Gasteiger partial charge is 0.410 e. The number of benzene rings is 1. The Balaban J connectivity index is 2.03. The number of ether oxygens (including phenoxy) is 2. The third kappa shape index (κ3) is 4.69. The van der Waals surface area contributed by atoms with E-state index >= 15 is 0 Å². The van der Waals surface area contributed by atoms with E-state index in [2.05, 4.69) is 5.32 Å². The van der Waals surface area contributed by atoms with E-state index in [1.54, 1.807) is 17.0 Å². The molecule has 0 bridgehead atoms. The molecular weight excluding hydrogens is 296 g/mol. The van der Waals surface area contributed by atoms with Crippen LogP contribution in [-0.2, 0) is 9.47 Å². The second kappa shape index (κ2) is 7.00. The first-order chi connectivity index (χ1) is 10.8. The van der Waals surface area contributed by atoms with E-state index in [1.807, 2.05) is 32.9 Å². The lowest BCUT2D eigenvalue weighted by Gasteiger charge is -2.35. The zero-order valence-corrected chi connectivity index (χ0v) is 14.1. The van der Waals surface area contributed by atoms with Gasteiger partial charge in [-0.25, -0.2) is 9.59 Å². The number of esters is 1. The standard InChI is InChI=1S/C17H24N2O4/c1-17(2,3)23-16(21)19-10-9-18-14(11-19)12-5-7-13(8-6-12)15(20)22-4/h5-8,14,18H,9-11H2,1-4H3/t14-/m0/s1. The van der Waals surface area contributed by atoms with Crippen LogP contribution in [0.15, 0.2) is 24.3 Å². The summed E-state index contributed by atoms with van der Waals surface area (Å²) in [6.45, 7) is 7.42. The summed E-state index contributed by atoms with van der Waals surface area (Å²) in [4.78, 5) is 25.4. The van der Waals surface area contributed by atoms with E-state index < -0.39 is 5.60 Å². The fourth-order valence-corrected chi connectivity index (χ4v) is 2.43. The van der Waals surface area contributed by atoms with Gasteiger partial charge in [0.1, 0.15) is 5.60 Å². The lowest BCUT2D eigenvalue weighted by atomic mass is 10.0. The second-order valence-corrected chi connectivity index (χ2v) is 6.55. The summed E-state index contributed by atoms with van der Waals surface area (Å²) in [6.07, 6.45) is -0.296. The van der Waals surface area contributed by atoms with Gasteiger partial charge >= 0.3 is 12.1 Å². The molecule has 0 aliphatic carbocycles. The van der Waals surface area contributed by atoms with Crippen molar-refractivity contribution in [1.29, 1.82) is 0 Å². The first-order valence-electron chi connectivity index (χ1n) is 7.70. The fourth-order valence-electron chi connectivity index (χ4n) is 2.43. The minimum Gasteiger partial charge on any atom is -0.465 e. The van der Waals surface area contributed by atoms with Crippen molar-refractivity contribution in [1.82, 2.24) is 10.2 Å². The summed E-state index contributed by atoms with van der Waals surface area (Å²) in [5.41, 5.74) is 1.03. The molecule has 2 rings (SSSR count). The quantitative estimate of drug-likeness (QED) is 0.847. The van der Waals surface area contributed by atoms with Crippen LogP contribution in [-0.4, -0.2) is 49.3 Å². The molecule has 126 valence electrons. The first kappa shape index (κ1) is 17.3. The molecule has 1 aromatic carbocycles. The Kier molecular flexibility index (Phi) is 5.26. The highest BCUT2D eigenvalue weighted by atomic mass is 16.6. The summed E-state index contributed by atoms with van der Waals surface area (Å²) < 4.78 is 10.1. The molecule has 0 saturated carbocycles. The number of piperazine rings is 1. The maximum atomic E-state index is 12.2. The van der Waals surface area contributed by atoms with Crippen molar-refractivity contribution >= 4 is 12.1 Å². The van der Waals surface area contributed by atoms with Gasteiger partial charge in [-0.15, -0.1) is 0 Å². The average molecular weight is 320 g/mol. The predicted molar refractivity (Wildman–Crippen MR) is 86.3 cm³/mol. The monoisotopic (exact) mass is 320 g/mol. The van der Waals surface area contributed by atoms with Gasteiger partial charge in [0.25, 0.3) is 0 Å². The molecule has 0 radical (unpaired) electrons. The van der Waals surface area contributed by atoms with E-state index in [4.69, 9.17) is 9.47 Å². The molecule has 6 nitrogen and oxygen atoms in total. The highest BCUT2D eigenvalue weighted by Gasteiger charge is 2.28. The van der Waals surface area contributed by atoms with Gasteiger partial charge < -0.3 is 19.7 Å². The summed E-state index contributed by atoms with van der Waals surface area (Å²) in [6, 6.07) is 7.23. The number of carbonyl (C=O) groups is 2. The Hall–Kier alpha value is -2.08. The van der Waals surface area contributed by atoms with Crippen LogP contribution in [0.3, 0.4) is 0 Å². The summed E-state index contributed by atoms with van der Waals surface area (Å²) in [7, 11) is 1.36. The van der Waals surface area contributed by atoms with Crippen molar-refractivity contribution in [2.45, 2.75) is 32.4 Å². The Morgan fingerprint density at radius 3 is 2.43 bits per heavy atom. The van der Waals surface area contributed by atoms with Crippen molar-refractivity contribution in [3.63, 3.8) is 0 Å². The number of amides is 1. The third-order valence-corrected chi connectivity index (χ3v) is 3.56. The number of nitrogens with zero attached hydrogens (tertiary/aromatic N) is 1. The molecular formula is C17H24N2O4. The molecule has 1 aliphatic heterocycles. The van der Waals surface area contributed by atoms with Crippen LogP contribution < -0.4 is 5.32 Å². The third-order valence-electron chi connectivity index (χ3n) is 3.56. The van der Waals surface area contributed by atoms with Crippen LogP contribution in [0.4, 0.5) is 4.79 Å². The van der Waals surface area contributed by atoms with Gasteiger partial charge in [-0.2, -0.15) is 0 Å². The lowest BCUT2D eigenvalue weighted by molar-refractivity contribution is 0.0195. The predicted octanol–water partition coefficient (Wildman–Crippen LogP) is 2.35. The lowest BCUT2D eigenvalue weighted by Crippen LogP contribution is -2.49. The van der Waals surface area contributed by atoms with Gasteiger partial charge in [0, 0.05) is 19.6 Å². The van der Waals surface area contributed by atoms with Gasteiger partial charge in [0.15, 0.2) is 0 Å². The SMILES string of the molecule is COC(=O)c1ccc([C@@H]2CN(C(=O)OC(C)(C)C)CCN2)cc1. The number of nitrogens with one attached hydrogen (secondary N) is 1. The van der Waals surface area contributed by atoms with Crippen LogP contribution in [0, 0.1) is 0 Å². The van der Waals surface area contributed by atoms with E-state index in [1.165, 1.54) is 7.11 Å². The van der Waals surface area contributed by atoms with E-state index in [9.17, 15) is 9.59 Å². The van der Waals surface area contributed by atoms with Crippen molar-refractivity contribution in [2.75, 3.05) is 26.7 Å². The molecule has 1 N–H and O–H groups in total. The average Bonchev–Trinajstić information content (AvgIpc) is 2.53. The molecule has 1 heterocycles. The van der Waals surface area contributed by atoms with Crippen molar-refractivity contribution < 1.29 is 19.1 Å². The molecule has 0 aromatic heterocycles. The normalized spacial score (nSPS) is 18.4. The summed E-state index contributed by atoms with van der Waals surface area (Å²) >= 11 is 0. The highest BCUT2D eigenvalue weighted by Crippen LogP contribution is 2.20. The van der Waals surface area contributed by atoms with Crippen LogP contribution in [0.5, 0.6) is 0 Å². The molecule has 1 aliphatic rings. The summed E-state index contributed by atoms with van der Waals surface area (Å²) in [5.74, 6) is -0.358. The Morgan fingerprint density at radius 2 is 1.87 bits per heavy atom. The minimum absolute atomic E-state index is 0.0166. The molecule has 1 amide bonds. The van der Waals surface area contributed by atoms with E-state index in [0.717, 1.165) is 5.56 Å². The molecule has 0 unspecified atom stereocenters. The number of carbonyl (C=O) groups excluding carboxylic acids is 2. The molecule has 23 heavy (non-hydrogen) atoms. The highest BCUT2D eigenvalue weighted by molar-refractivity contribution is 5.89. The van der Waals surface area contributed by atoms with Crippen molar-refractivity contribution in [3.05, 3.63) is 35.4 Å². The molecule has 1 atom stereocenters. The van der Waals surface area contributed by atoms with Crippen LogP contribution in [0.2, 0.25) is 0 Å². The van der Waals surface area contributed by atoms with E-state index in [0.29, 0.717) is 25.2 Å². The molecule has 0 spiro atoms. The zero-order chi connectivity index (χ0) is 17.0. The summed E-state index contributed by atoms with van der Waals surface area (Å²) in [5, 5.41) is 3.38. The number of methoxy groups -OCH3 is 1. The Labute approximate surface area is 136 Å².